The second-order valence-electron chi connectivity index (χ2n) is 9.70. The lowest BCUT2D eigenvalue weighted by Gasteiger charge is -2.27. The minimum Gasteiger partial charge on any atom is -0.394 e. The predicted molar refractivity (Wildman–Crippen MR) is 149 cm³/mol. The third-order valence-electron chi connectivity index (χ3n) is 7.30. The fraction of sp³-hybridized carbons (Fsp3) is 0.545. The Balaban J connectivity index is 1.17. The molecule has 7 N–H and O–H groups in total. The molecule has 0 spiro atoms. The molecule has 4 aromatic rings. The number of methoxy groups -OCH3 is 2. The minimum absolute atomic E-state index is 0.175. The standard InChI is InChI=1S/C22H29N10O9PS/c1-36-15-13(34)10(40-21(15)31-7-29-11-17(23)25-5-27-19(11)31)4-38-42(35,43)41-14-9(3-33)39-22(16(14)37-2)32-8-30-12-18(24)26-6-28-20(12)32/h5-10,13-16,21-22,33-34H,3-4H2,1-2H3,(H,35,43)(H2,23,25,27)(H2,24,26,28)/t9-,10-,13?,14?,15+,16+,21-,22-,42?/m1/s1. The molecule has 2 fully saturated rings. The number of nitrogens with zero attached hydrogens (tertiary/aromatic N) is 8. The van der Waals surface area contributed by atoms with Crippen molar-refractivity contribution < 1.29 is 43.1 Å². The van der Waals surface area contributed by atoms with E-state index in [-0.39, 0.29) is 18.2 Å². The molecule has 0 saturated carbocycles. The SMILES string of the molecule is CO[C@H]1C(O)[C@@H](COP(O)(=S)OC2[C@@H](CO)O[C@@H](n3cnc4c(N)ncnc43)[C@H]2OC)O[C@H]1n1cnc2c(N)ncnc21. The van der Waals surface area contributed by atoms with Crippen LogP contribution in [0.15, 0.2) is 25.3 Å². The largest absolute Gasteiger partial charge is 0.394 e. The van der Waals surface area contributed by atoms with Gasteiger partial charge in [0.15, 0.2) is 35.4 Å². The molecule has 2 saturated heterocycles. The first kappa shape index (κ1) is 30.0. The first-order valence-electron chi connectivity index (χ1n) is 12.8. The van der Waals surface area contributed by atoms with E-state index in [1.54, 1.807) is 9.13 Å². The van der Waals surface area contributed by atoms with Gasteiger partial charge in [-0.05, 0) is 11.8 Å². The highest BCUT2D eigenvalue weighted by molar-refractivity contribution is 8.07. The molecule has 0 bridgehead atoms. The zero-order valence-electron chi connectivity index (χ0n) is 22.7. The van der Waals surface area contributed by atoms with Crippen molar-refractivity contribution in [3.05, 3.63) is 25.3 Å². The number of rotatable bonds is 10. The second kappa shape index (κ2) is 11.8. The average Bonchev–Trinajstić information content (AvgIpc) is 3.75. The van der Waals surface area contributed by atoms with Gasteiger partial charge in [-0.2, -0.15) is 0 Å². The average molecular weight is 641 g/mol. The van der Waals surface area contributed by atoms with Crippen LogP contribution in [0.5, 0.6) is 0 Å². The van der Waals surface area contributed by atoms with Gasteiger partial charge >= 0.3 is 6.72 Å². The molecule has 0 radical (unpaired) electrons. The van der Waals surface area contributed by atoms with Crippen LogP contribution in [-0.2, 0) is 39.8 Å². The molecule has 2 aliphatic rings. The van der Waals surface area contributed by atoms with E-state index in [0.717, 1.165) is 0 Å². The molecule has 9 atom stereocenters. The number of ether oxygens (including phenoxy) is 4. The smallest absolute Gasteiger partial charge is 0.325 e. The third kappa shape index (κ3) is 5.34. The molecule has 0 amide bonds. The highest BCUT2D eigenvalue weighted by Crippen LogP contribution is 2.50. The lowest BCUT2D eigenvalue weighted by molar-refractivity contribution is -0.0596. The van der Waals surface area contributed by atoms with E-state index < -0.39 is 62.4 Å². The van der Waals surface area contributed by atoms with Crippen LogP contribution in [0.3, 0.4) is 0 Å². The van der Waals surface area contributed by atoms with Gasteiger partial charge in [0.1, 0.15) is 60.3 Å². The maximum absolute atomic E-state index is 11.0. The molecule has 21 heteroatoms. The van der Waals surface area contributed by atoms with E-state index in [1.165, 1.54) is 39.5 Å². The van der Waals surface area contributed by atoms with Crippen LogP contribution in [0.25, 0.3) is 22.3 Å². The molecule has 232 valence electrons. The summed E-state index contributed by atoms with van der Waals surface area (Å²) in [4.78, 5) is 35.8. The molecule has 6 rings (SSSR count). The van der Waals surface area contributed by atoms with Gasteiger partial charge in [0.05, 0.1) is 25.9 Å². The summed E-state index contributed by atoms with van der Waals surface area (Å²) in [6.07, 6.45) is -2.26. The summed E-state index contributed by atoms with van der Waals surface area (Å²) in [6.45, 7) is -4.89. The van der Waals surface area contributed by atoms with E-state index in [4.69, 9.17) is 51.3 Å². The van der Waals surface area contributed by atoms with Crippen LogP contribution in [0, 0.1) is 0 Å². The number of nitrogen functional groups attached to an aromatic ring is 2. The fourth-order valence-electron chi connectivity index (χ4n) is 5.26. The zero-order valence-corrected chi connectivity index (χ0v) is 24.4. The number of imidazole rings is 2. The van der Waals surface area contributed by atoms with Crippen LogP contribution in [0.1, 0.15) is 12.5 Å². The van der Waals surface area contributed by atoms with E-state index >= 15 is 0 Å². The number of aliphatic hydroxyl groups excluding tert-OH is 2. The molecule has 2 aliphatic heterocycles. The quantitative estimate of drug-likeness (QED) is 0.125. The van der Waals surface area contributed by atoms with Gasteiger partial charge in [0.2, 0.25) is 0 Å². The van der Waals surface area contributed by atoms with Crippen molar-refractivity contribution in [2.75, 3.05) is 38.9 Å². The highest BCUT2D eigenvalue weighted by atomic mass is 32.5. The van der Waals surface area contributed by atoms with Crippen LogP contribution in [0.4, 0.5) is 11.6 Å². The van der Waals surface area contributed by atoms with Crippen molar-refractivity contribution in [2.24, 2.45) is 0 Å². The van der Waals surface area contributed by atoms with Crippen molar-refractivity contribution in [3.8, 4) is 0 Å². The van der Waals surface area contributed by atoms with Gasteiger partial charge in [-0.1, -0.05) is 0 Å². The Morgan fingerprint density at radius 1 is 0.860 bits per heavy atom. The normalized spacial score (nSPS) is 30.8. The van der Waals surface area contributed by atoms with Crippen molar-refractivity contribution in [1.82, 2.24) is 39.0 Å². The molecule has 6 heterocycles. The van der Waals surface area contributed by atoms with Gasteiger partial charge < -0.3 is 50.0 Å². The van der Waals surface area contributed by atoms with Crippen molar-refractivity contribution in [3.63, 3.8) is 0 Å². The number of aliphatic hydroxyl groups is 2. The lowest BCUT2D eigenvalue weighted by atomic mass is 10.1. The van der Waals surface area contributed by atoms with Crippen LogP contribution in [-0.4, -0.2) is 118 Å². The second-order valence-corrected chi connectivity index (χ2v) is 12.5. The Bertz CT molecular complexity index is 1660. The maximum Gasteiger partial charge on any atom is 0.325 e. The Kier molecular flexibility index (Phi) is 8.26. The van der Waals surface area contributed by atoms with Crippen LogP contribution in [0.2, 0.25) is 0 Å². The molecule has 0 aromatic carbocycles. The van der Waals surface area contributed by atoms with Gasteiger partial charge in [-0.3, -0.25) is 13.7 Å². The maximum atomic E-state index is 11.0. The van der Waals surface area contributed by atoms with Gasteiger partial charge in [0.25, 0.3) is 0 Å². The summed E-state index contributed by atoms with van der Waals surface area (Å²) in [6, 6.07) is 0. The number of nitrogens with two attached hydrogens (primary N) is 2. The number of aromatic nitrogens is 8. The number of anilines is 2. The van der Waals surface area contributed by atoms with E-state index in [1.807, 2.05) is 0 Å². The number of hydrogen-bond acceptors (Lipinski definition) is 17. The van der Waals surface area contributed by atoms with Crippen molar-refractivity contribution in [1.29, 1.82) is 0 Å². The Hall–Kier alpha value is -3.01. The summed E-state index contributed by atoms with van der Waals surface area (Å²) in [5.41, 5.74) is 13.2. The van der Waals surface area contributed by atoms with Gasteiger partial charge in [0, 0.05) is 14.2 Å². The van der Waals surface area contributed by atoms with Crippen LogP contribution < -0.4 is 11.5 Å². The highest BCUT2D eigenvalue weighted by Gasteiger charge is 2.50. The topological polar surface area (TPSA) is 255 Å². The molecule has 43 heavy (non-hydrogen) atoms. The summed E-state index contributed by atoms with van der Waals surface area (Å²) in [5, 5.41) is 21.0. The molecule has 4 aromatic heterocycles. The molecular formula is C22H29N10O9PS. The van der Waals surface area contributed by atoms with Crippen molar-refractivity contribution >= 4 is 52.5 Å². The van der Waals surface area contributed by atoms with Gasteiger partial charge in [-0.15, -0.1) is 0 Å². The van der Waals surface area contributed by atoms with E-state index in [0.29, 0.717) is 22.3 Å². The lowest BCUT2D eigenvalue weighted by Crippen LogP contribution is -2.37. The first-order chi connectivity index (χ1) is 20.7. The Labute approximate surface area is 247 Å². The molecule has 19 nitrogen and oxygen atoms in total. The Morgan fingerprint density at radius 2 is 1.40 bits per heavy atom. The third-order valence-corrected chi connectivity index (χ3v) is 8.86. The fourth-order valence-corrected chi connectivity index (χ4v) is 6.70. The molecular weight excluding hydrogens is 611 g/mol. The van der Waals surface area contributed by atoms with Crippen molar-refractivity contribution in [2.45, 2.75) is 49.1 Å². The Morgan fingerprint density at radius 3 is 1.93 bits per heavy atom. The summed E-state index contributed by atoms with van der Waals surface area (Å²) >= 11 is 5.29. The van der Waals surface area contributed by atoms with Crippen LogP contribution >= 0.6 is 6.72 Å². The minimum atomic E-state index is -4.03. The first-order valence-corrected chi connectivity index (χ1v) is 15.4. The number of fused-ring (bicyclic) bond motifs is 2. The summed E-state index contributed by atoms with van der Waals surface area (Å²) in [7, 11) is 2.82. The summed E-state index contributed by atoms with van der Waals surface area (Å²) in [5.74, 6) is 0.357. The van der Waals surface area contributed by atoms with E-state index in [9.17, 15) is 15.1 Å². The zero-order chi connectivity index (χ0) is 30.5. The predicted octanol–water partition coefficient (Wildman–Crippen LogP) is -1.37. The summed E-state index contributed by atoms with van der Waals surface area (Å²) < 4.78 is 37.7. The van der Waals surface area contributed by atoms with E-state index in [2.05, 4.69) is 29.9 Å². The molecule has 3 unspecified atom stereocenters. The molecule has 0 aliphatic carbocycles. The monoisotopic (exact) mass is 640 g/mol. The van der Waals surface area contributed by atoms with Gasteiger partial charge in [-0.25, -0.2) is 29.9 Å². The number of hydrogen-bond donors (Lipinski definition) is 5.